The molecule has 5 rings (SSSR count). The van der Waals surface area contributed by atoms with E-state index in [1.165, 1.54) is 17.7 Å². The first-order valence-electron chi connectivity index (χ1n) is 9.78. The number of hydrogen-bond donors (Lipinski definition) is 0. The molecule has 142 valence electrons. The van der Waals surface area contributed by atoms with Crippen LogP contribution in [0.2, 0.25) is 0 Å². The van der Waals surface area contributed by atoms with Crippen molar-refractivity contribution in [3.05, 3.63) is 22.4 Å². The maximum absolute atomic E-state index is 12.9. The molecule has 1 amide bonds. The van der Waals surface area contributed by atoms with E-state index in [1.807, 2.05) is 11.3 Å². The molecule has 1 aromatic heterocycles. The van der Waals surface area contributed by atoms with E-state index in [1.54, 1.807) is 5.06 Å². The smallest absolute Gasteiger partial charge is 0.265 e. The standard InChI is InChI=1S/C19H27N3O3S/c23-18(22-6-2-7-25-22)17-11-24-19(14-21(17)9-15-4-5-15)12-20(13-19)10-16-3-1-8-26-16/h1,3,8,15,17H,2,4-7,9-14H2. The third kappa shape index (κ3) is 3.43. The van der Waals surface area contributed by atoms with Gasteiger partial charge < -0.3 is 4.74 Å². The van der Waals surface area contributed by atoms with Crippen LogP contribution in [0, 0.1) is 5.92 Å². The van der Waals surface area contributed by atoms with Crippen molar-refractivity contribution in [1.82, 2.24) is 14.9 Å². The van der Waals surface area contributed by atoms with Crippen LogP contribution in [0.15, 0.2) is 17.5 Å². The molecule has 4 fully saturated rings. The molecule has 1 aromatic rings. The second kappa shape index (κ2) is 6.87. The van der Waals surface area contributed by atoms with Gasteiger partial charge in [0, 0.05) is 37.6 Å². The van der Waals surface area contributed by atoms with Crippen LogP contribution in [0.5, 0.6) is 0 Å². The summed E-state index contributed by atoms with van der Waals surface area (Å²) < 4.78 is 6.29. The fraction of sp³-hybridized carbons (Fsp3) is 0.737. The Bertz CT molecular complexity index is 636. The Kier molecular flexibility index (Phi) is 4.53. The largest absolute Gasteiger partial charge is 0.369 e. The quantitative estimate of drug-likeness (QED) is 0.780. The molecular formula is C19H27N3O3S. The number of amides is 1. The molecule has 0 N–H and O–H groups in total. The van der Waals surface area contributed by atoms with Crippen LogP contribution in [0.4, 0.5) is 0 Å². The number of hydrogen-bond acceptors (Lipinski definition) is 6. The van der Waals surface area contributed by atoms with Crippen molar-refractivity contribution in [1.29, 1.82) is 0 Å². The lowest BCUT2D eigenvalue weighted by atomic mass is 9.90. The van der Waals surface area contributed by atoms with Gasteiger partial charge in [-0.05, 0) is 36.6 Å². The predicted octanol–water partition coefficient (Wildman–Crippen LogP) is 1.58. The molecule has 1 atom stereocenters. The number of morpholine rings is 1. The second-order valence-electron chi connectivity index (χ2n) is 8.23. The lowest BCUT2D eigenvalue weighted by Crippen LogP contribution is -2.72. The van der Waals surface area contributed by atoms with E-state index in [4.69, 9.17) is 9.57 Å². The minimum atomic E-state index is -0.175. The van der Waals surface area contributed by atoms with Crippen LogP contribution < -0.4 is 0 Å². The van der Waals surface area contributed by atoms with Crippen molar-refractivity contribution in [2.24, 2.45) is 5.92 Å². The summed E-state index contributed by atoms with van der Waals surface area (Å²) >= 11 is 1.81. The van der Waals surface area contributed by atoms with Crippen molar-refractivity contribution >= 4 is 17.2 Å². The molecular weight excluding hydrogens is 350 g/mol. The minimum Gasteiger partial charge on any atom is -0.369 e. The van der Waals surface area contributed by atoms with Gasteiger partial charge in [0.15, 0.2) is 0 Å². The lowest BCUT2D eigenvalue weighted by molar-refractivity contribution is -0.216. The summed E-state index contributed by atoms with van der Waals surface area (Å²) in [5.41, 5.74) is -0.0885. The van der Waals surface area contributed by atoms with Crippen LogP contribution in [0.1, 0.15) is 24.1 Å². The van der Waals surface area contributed by atoms with Gasteiger partial charge in [0.05, 0.1) is 19.8 Å². The van der Waals surface area contributed by atoms with Crippen molar-refractivity contribution in [3.63, 3.8) is 0 Å². The number of thiophene rings is 1. The van der Waals surface area contributed by atoms with Gasteiger partial charge in [0.1, 0.15) is 11.6 Å². The fourth-order valence-electron chi connectivity index (χ4n) is 4.42. The number of carbonyl (C=O) groups is 1. The number of hydroxylamine groups is 2. The molecule has 4 heterocycles. The van der Waals surface area contributed by atoms with Gasteiger partial charge in [0.2, 0.25) is 0 Å². The average Bonchev–Trinajstić information content (AvgIpc) is 3.08. The van der Waals surface area contributed by atoms with Crippen LogP contribution in [0.25, 0.3) is 0 Å². The highest BCUT2D eigenvalue weighted by Crippen LogP contribution is 2.36. The number of ether oxygens (including phenoxy) is 1. The number of rotatable bonds is 5. The highest BCUT2D eigenvalue weighted by molar-refractivity contribution is 7.09. The summed E-state index contributed by atoms with van der Waals surface area (Å²) in [6.07, 6.45) is 3.54. The molecule has 1 spiro atoms. The highest BCUT2D eigenvalue weighted by Gasteiger charge is 2.51. The summed E-state index contributed by atoms with van der Waals surface area (Å²) in [5, 5.41) is 3.70. The van der Waals surface area contributed by atoms with E-state index in [-0.39, 0.29) is 17.6 Å². The second-order valence-corrected chi connectivity index (χ2v) is 9.27. The fourth-order valence-corrected chi connectivity index (χ4v) is 5.17. The van der Waals surface area contributed by atoms with E-state index < -0.39 is 0 Å². The van der Waals surface area contributed by atoms with Gasteiger partial charge in [-0.15, -0.1) is 11.3 Å². The van der Waals surface area contributed by atoms with E-state index >= 15 is 0 Å². The zero-order valence-electron chi connectivity index (χ0n) is 15.1. The minimum absolute atomic E-state index is 0.0885. The Morgan fingerprint density at radius 3 is 2.88 bits per heavy atom. The predicted molar refractivity (Wildman–Crippen MR) is 98.6 cm³/mol. The number of nitrogens with zero attached hydrogens (tertiary/aromatic N) is 3. The Morgan fingerprint density at radius 2 is 2.19 bits per heavy atom. The Balaban J connectivity index is 1.22. The molecule has 6 nitrogen and oxygen atoms in total. The van der Waals surface area contributed by atoms with Crippen molar-refractivity contribution in [2.75, 3.05) is 45.9 Å². The summed E-state index contributed by atoms with van der Waals surface area (Å²) in [7, 11) is 0. The monoisotopic (exact) mass is 377 g/mol. The van der Waals surface area contributed by atoms with Gasteiger partial charge in [-0.25, -0.2) is 5.06 Å². The molecule has 1 unspecified atom stereocenters. The average molecular weight is 378 g/mol. The molecule has 26 heavy (non-hydrogen) atoms. The number of likely N-dealkylation sites (tertiary alicyclic amines) is 1. The molecule has 0 radical (unpaired) electrons. The van der Waals surface area contributed by atoms with Crippen LogP contribution in [-0.2, 0) is 20.9 Å². The Morgan fingerprint density at radius 1 is 1.31 bits per heavy atom. The highest BCUT2D eigenvalue weighted by atomic mass is 32.1. The summed E-state index contributed by atoms with van der Waals surface area (Å²) in [6.45, 7) is 6.71. The topological polar surface area (TPSA) is 45.2 Å². The van der Waals surface area contributed by atoms with E-state index in [9.17, 15) is 4.79 Å². The van der Waals surface area contributed by atoms with E-state index in [0.29, 0.717) is 19.8 Å². The van der Waals surface area contributed by atoms with Crippen molar-refractivity contribution < 1.29 is 14.4 Å². The van der Waals surface area contributed by atoms with Gasteiger partial charge >= 0.3 is 0 Å². The van der Waals surface area contributed by atoms with Crippen LogP contribution >= 0.6 is 11.3 Å². The third-order valence-electron chi connectivity index (χ3n) is 5.94. The zero-order valence-corrected chi connectivity index (χ0v) is 16.0. The molecule has 0 bridgehead atoms. The van der Waals surface area contributed by atoms with Gasteiger partial charge in [-0.3, -0.25) is 19.4 Å². The Hall–Kier alpha value is -0.990. The molecule has 1 aliphatic carbocycles. The summed E-state index contributed by atoms with van der Waals surface area (Å²) in [5.74, 6) is 0.856. The maximum atomic E-state index is 12.9. The summed E-state index contributed by atoms with van der Waals surface area (Å²) in [6, 6.07) is 4.13. The lowest BCUT2D eigenvalue weighted by Gasteiger charge is -2.55. The molecule has 3 saturated heterocycles. The van der Waals surface area contributed by atoms with E-state index in [0.717, 1.165) is 45.1 Å². The Labute approximate surface area is 158 Å². The van der Waals surface area contributed by atoms with Crippen molar-refractivity contribution in [3.8, 4) is 0 Å². The first kappa shape index (κ1) is 17.1. The van der Waals surface area contributed by atoms with Crippen LogP contribution in [0.3, 0.4) is 0 Å². The maximum Gasteiger partial charge on any atom is 0.265 e. The third-order valence-corrected chi connectivity index (χ3v) is 6.80. The summed E-state index contributed by atoms with van der Waals surface area (Å²) in [4.78, 5) is 24.6. The molecule has 3 aliphatic heterocycles. The zero-order chi connectivity index (χ0) is 17.6. The van der Waals surface area contributed by atoms with Gasteiger partial charge in [-0.2, -0.15) is 0 Å². The van der Waals surface area contributed by atoms with Gasteiger partial charge in [-0.1, -0.05) is 6.07 Å². The van der Waals surface area contributed by atoms with Crippen LogP contribution in [-0.4, -0.2) is 78.4 Å². The molecule has 7 heteroatoms. The molecule has 4 aliphatic rings. The first-order valence-corrected chi connectivity index (χ1v) is 10.7. The number of carbonyl (C=O) groups excluding carboxylic acids is 1. The van der Waals surface area contributed by atoms with E-state index in [2.05, 4.69) is 27.3 Å². The molecule has 1 saturated carbocycles. The normalized spacial score (nSPS) is 29.2. The first-order chi connectivity index (χ1) is 12.7. The van der Waals surface area contributed by atoms with Crippen molar-refractivity contribution in [2.45, 2.75) is 37.5 Å². The SMILES string of the molecule is O=C(C1COC2(CN(Cc3cccs3)C2)CN1CC1CC1)N1CCCO1. The van der Waals surface area contributed by atoms with Gasteiger partial charge in [0.25, 0.3) is 5.91 Å². The molecule has 0 aromatic carbocycles.